The molecule has 0 aliphatic carbocycles. The molecule has 0 bridgehead atoms. The highest BCUT2D eigenvalue weighted by Gasteiger charge is 2.26. The van der Waals surface area contributed by atoms with Crippen LogP contribution in [0.1, 0.15) is 59.2 Å². The van der Waals surface area contributed by atoms with Gasteiger partial charge in [0.1, 0.15) is 5.60 Å². The fourth-order valence-corrected chi connectivity index (χ4v) is 5.67. The highest BCUT2D eigenvalue weighted by Crippen LogP contribution is 2.26. The molecule has 208 valence electrons. The van der Waals surface area contributed by atoms with Crippen LogP contribution in [0.15, 0.2) is 53.9 Å². The normalized spacial score (nSPS) is 16.1. The molecule has 8 nitrogen and oxygen atoms in total. The number of hydrogen-bond donors (Lipinski definition) is 3. The molecular formula is C31H35N5O3S. The molecule has 2 aromatic heterocycles. The number of aromatic amines is 1. The number of amides is 2. The van der Waals surface area contributed by atoms with Crippen molar-refractivity contribution >= 4 is 52.1 Å². The molecule has 1 unspecified atom stereocenters. The van der Waals surface area contributed by atoms with Crippen molar-refractivity contribution < 1.29 is 14.3 Å². The first-order chi connectivity index (χ1) is 19.1. The number of carbonyl (C=O) groups excluding carboxylic acids is 2. The lowest BCUT2D eigenvalue weighted by molar-refractivity contribution is 0.0505. The molecule has 0 saturated carbocycles. The Kier molecular flexibility index (Phi) is 8.04. The molecule has 5 rings (SSSR count). The summed E-state index contributed by atoms with van der Waals surface area (Å²) in [7, 11) is 0. The van der Waals surface area contributed by atoms with Crippen molar-refractivity contribution in [1.29, 1.82) is 0 Å². The number of benzene rings is 2. The van der Waals surface area contributed by atoms with Gasteiger partial charge in [-0.05, 0) is 80.5 Å². The molecule has 2 amide bonds. The number of anilines is 1. The van der Waals surface area contributed by atoms with E-state index in [-0.39, 0.29) is 18.0 Å². The number of carbonyl (C=O) groups is 2. The Morgan fingerprint density at radius 3 is 2.77 bits per heavy atom. The summed E-state index contributed by atoms with van der Waals surface area (Å²) in [6.45, 7) is 9.84. The Labute approximate surface area is 238 Å². The van der Waals surface area contributed by atoms with Gasteiger partial charge in [0, 0.05) is 36.7 Å². The van der Waals surface area contributed by atoms with Gasteiger partial charge in [0.2, 0.25) is 0 Å². The predicted octanol–water partition coefficient (Wildman–Crippen LogP) is 6.45. The van der Waals surface area contributed by atoms with E-state index < -0.39 is 5.60 Å². The largest absolute Gasteiger partial charge is 0.444 e. The second-order valence-electron chi connectivity index (χ2n) is 11.2. The summed E-state index contributed by atoms with van der Waals surface area (Å²) in [4.78, 5) is 28.4. The van der Waals surface area contributed by atoms with E-state index in [1.165, 1.54) is 11.3 Å². The van der Waals surface area contributed by atoms with Gasteiger partial charge in [-0.3, -0.25) is 14.8 Å². The number of likely N-dealkylation sites (tertiary alicyclic amines) is 1. The van der Waals surface area contributed by atoms with Crippen LogP contribution >= 0.6 is 11.3 Å². The quantitative estimate of drug-likeness (QED) is 0.242. The van der Waals surface area contributed by atoms with Gasteiger partial charge >= 0.3 is 6.09 Å². The second kappa shape index (κ2) is 11.7. The van der Waals surface area contributed by atoms with Crippen molar-refractivity contribution in [2.45, 2.75) is 52.3 Å². The Bertz CT molecular complexity index is 1550. The highest BCUT2D eigenvalue weighted by molar-refractivity contribution is 7.12. The number of nitrogens with zero attached hydrogens (tertiary/aromatic N) is 2. The molecule has 4 aromatic rings. The van der Waals surface area contributed by atoms with Crippen LogP contribution in [0.4, 0.5) is 10.5 Å². The van der Waals surface area contributed by atoms with Crippen LogP contribution in [0.2, 0.25) is 0 Å². The number of H-pyrrole nitrogens is 1. The molecule has 0 radical (unpaired) electrons. The summed E-state index contributed by atoms with van der Waals surface area (Å²) in [6.07, 6.45) is 4.43. The molecule has 0 spiro atoms. The number of hydrogen-bond acceptors (Lipinski definition) is 6. The van der Waals surface area contributed by atoms with Gasteiger partial charge in [0.15, 0.2) is 0 Å². The van der Waals surface area contributed by atoms with Crippen LogP contribution in [0.3, 0.4) is 0 Å². The smallest absolute Gasteiger partial charge is 0.407 e. The van der Waals surface area contributed by atoms with Crippen molar-refractivity contribution in [3.8, 4) is 0 Å². The number of alkyl carbamates (subject to hydrolysis) is 1. The Hall–Kier alpha value is -3.95. The minimum absolute atomic E-state index is 0.0432. The number of aromatic nitrogens is 2. The first-order valence-electron chi connectivity index (χ1n) is 13.5. The number of aryl methyl sites for hydroxylation is 1. The maximum Gasteiger partial charge on any atom is 0.407 e. The zero-order valence-electron chi connectivity index (χ0n) is 23.3. The fraction of sp³-hybridized carbons (Fsp3) is 0.323. The molecule has 3 N–H and O–H groups in total. The summed E-state index contributed by atoms with van der Waals surface area (Å²) < 4.78 is 5.41. The van der Waals surface area contributed by atoms with E-state index in [0.29, 0.717) is 11.4 Å². The van der Waals surface area contributed by atoms with E-state index in [1.54, 1.807) is 0 Å². The number of ether oxygens (including phenoxy) is 1. The van der Waals surface area contributed by atoms with E-state index in [9.17, 15) is 9.59 Å². The number of rotatable bonds is 7. The summed E-state index contributed by atoms with van der Waals surface area (Å²) in [5, 5.41) is 16.6. The Morgan fingerprint density at radius 2 is 2.00 bits per heavy atom. The van der Waals surface area contributed by atoms with E-state index in [2.05, 4.69) is 31.8 Å². The third-order valence-corrected chi connectivity index (χ3v) is 7.77. The number of nitrogens with one attached hydrogen (secondary N) is 3. The standard InChI is InChI=1S/C31H35N5O3S/c1-20-14-16-40-28(20)29(37)33-27-17-21(18-36-15-13-23(19-36)32-30(38)39-31(2,3)4)9-10-22(27)11-12-26-24-7-5-6-8-25(24)34-35-26/h5-12,14,16-17,23H,13,15,18-19H2,1-4H3,(H,32,38)(H,33,37)(H,34,35)/b12-11+. The SMILES string of the molecule is Cc1ccsc1C(=O)Nc1cc(CN2CCC(NC(=O)OC(C)(C)C)C2)ccc1/C=C/c1n[nH]c2ccccc12. The summed E-state index contributed by atoms with van der Waals surface area (Å²) in [6, 6.07) is 16.1. The van der Waals surface area contributed by atoms with Crippen LogP contribution in [-0.4, -0.2) is 51.8 Å². The van der Waals surface area contributed by atoms with Gasteiger partial charge in [-0.2, -0.15) is 5.10 Å². The average molecular weight is 558 g/mol. The van der Waals surface area contributed by atoms with Gasteiger partial charge in [0.25, 0.3) is 5.91 Å². The van der Waals surface area contributed by atoms with Gasteiger partial charge in [-0.1, -0.05) is 36.4 Å². The van der Waals surface area contributed by atoms with Crippen molar-refractivity contribution in [3.05, 3.63) is 81.2 Å². The molecule has 1 atom stereocenters. The molecular weight excluding hydrogens is 522 g/mol. The molecule has 40 heavy (non-hydrogen) atoms. The summed E-state index contributed by atoms with van der Waals surface area (Å²) >= 11 is 1.44. The monoisotopic (exact) mass is 557 g/mol. The Morgan fingerprint density at radius 1 is 1.18 bits per heavy atom. The van der Waals surface area contributed by atoms with E-state index >= 15 is 0 Å². The Balaban J connectivity index is 1.33. The van der Waals surface area contributed by atoms with E-state index in [4.69, 9.17) is 4.74 Å². The van der Waals surface area contributed by atoms with E-state index in [0.717, 1.165) is 58.5 Å². The van der Waals surface area contributed by atoms with Crippen molar-refractivity contribution in [3.63, 3.8) is 0 Å². The van der Waals surface area contributed by atoms with Crippen molar-refractivity contribution in [1.82, 2.24) is 20.4 Å². The average Bonchev–Trinajstić information content (AvgIpc) is 3.62. The maximum atomic E-state index is 13.2. The third kappa shape index (κ3) is 6.78. The lowest BCUT2D eigenvalue weighted by Gasteiger charge is -2.22. The number of fused-ring (bicyclic) bond motifs is 1. The molecule has 1 aliphatic rings. The molecule has 1 fully saturated rings. The van der Waals surface area contributed by atoms with Gasteiger partial charge in [-0.25, -0.2) is 4.79 Å². The van der Waals surface area contributed by atoms with Gasteiger partial charge in [0.05, 0.1) is 16.1 Å². The zero-order valence-corrected chi connectivity index (χ0v) is 24.1. The van der Waals surface area contributed by atoms with Gasteiger partial charge in [-0.15, -0.1) is 11.3 Å². The minimum Gasteiger partial charge on any atom is -0.444 e. The number of thiophene rings is 1. The summed E-state index contributed by atoms with van der Waals surface area (Å²) in [5.74, 6) is -0.118. The van der Waals surface area contributed by atoms with Crippen LogP contribution in [0.25, 0.3) is 23.1 Å². The molecule has 9 heteroatoms. The molecule has 2 aromatic carbocycles. The third-order valence-electron chi connectivity index (χ3n) is 6.75. The highest BCUT2D eigenvalue weighted by atomic mass is 32.1. The van der Waals surface area contributed by atoms with Crippen molar-refractivity contribution in [2.75, 3.05) is 18.4 Å². The fourth-order valence-electron chi connectivity index (χ4n) is 4.85. The van der Waals surface area contributed by atoms with Crippen LogP contribution in [0, 0.1) is 6.92 Å². The topological polar surface area (TPSA) is 99.3 Å². The second-order valence-corrected chi connectivity index (χ2v) is 12.1. The first-order valence-corrected chi connectivity index (χ1v) is 14.3. The number of para-hydroxylation sites is 1. The van der Waals surface area contributed by atoms with Crippen LogP contribution < -0.4 is 10.6 Å². The van der Waals surface area contributed by atoms with Crippen LogP contribution in [0.5, 0.6) is 0 Å². The molecule has 1 aliphatic heterocycles. The summed E-state index contributed by atoms with van der Waals surface area (Å²) in [5.41, 5.74) is 4.97. The lowest BCUT2D eigenvalue weighted by Crippen LogP contribution is -2.40. The maximum absolute atomic E-state index is 13.2. The zero-order chi connectivity index (χ0) is 28.3. The predicted molar refractivity (Wildman–Crippen MR) is 162 cm³/mol. The van der Waals surface area contributed by atoms with Gasteiger partial charge < -0.3 is 15.4 Å². The van der Waals surface area contributed by atoms with Crippen LogP contribution in [-0.2, 0) is 11.3 Å². The van der Waals surface area contributed by atoms with Crippen molar-refractivity contribution in [2.24, 2.45) is 0 Å². The van der Waals surface area contributed by atoms with E-state index in [1.807, 2.05) is 87.7 Å². The molecule has 1 saturated heterocycles. The first kappa shape index (κ1) is 27.6. The molecule has 3 heterocycles. The minimum atomic E-state index is -0.523. The lowest BCUT2D eigenvalue weighted by atomic mass is 10.1.